The molecule has 0 saturated carbocycles. The van der Waals surface area contributed by atoms with Crippen molar-refractivity contribution in [2.24, 2.45) is 4.99 Å². The molecule has 8 heteroatoms. The van der Waals surface area contributed by atoms with Crippen LogP contribution < -0.4 is 5.32 Å². The number of thioether (sulfide) groups is 1. The third-order valence-corrected chi connectivity index (χ3v) is 5.14. The molecule has 0 radical (unpaired) electrons. The van der Waals surface area contributed by atoms with Crippen LogP contribution in [-0.2, 0) is 4.79 Å². The number of carbonyl (C=O) groups excluding carboxylic acids is 1. The standard InChI is InChI=1S/C18H10Cl2N4OS/c19-11-2-1-3-12(20)16(11)23-18-24-17(25)15(26-18)9-10-4-5-13-14(8-10)22-7-6-21-13/h1-9H,(H,23,24,25). The minimum atomic E-state index is -0.320. The highest BCUT2D eigenvalue weighted by molar-refractivity contribution is 8.18. The number of halogens is 2. The molecule has 1 N–H and O–H groups in total. The maximum Gasteiger partial charge on any atom is 0.286 e. The van der Waals surface area contributed by atoms with Gasteiger partial charge in [0.25, 0.3) is 5.91 Å². The third-order valence-electron chi connectivity index (χ3n) is 3.61. The van der Waals surface area contributed by atoms with Crippen LogP contribution in [0.15, 0.2) is 58.7 Å². The number of amides is 1. The Kier molecular flexibility index (Phi) is 4.63. The van der Waals surface area contributed by atoms with Crippen LogP contribution in [0.4, 0.5) is 5.69 Å². The number of amidine groups is 1. The second kappa shape index (κ2) is 7.07. The summed E-state index contributed by atoms with van der Waals surface area (Å²) < 4.78 is 0. The van der Waals surface area contributed by atoms with E-state index >= 15 is 0 Å². The molecule has 128 valence electrons. The van der Waals surface area contributed by atoms with Gasteiger partial charge in [-0.25, -0.2) is 0 Å². The molecule has 0 atom stereocenters. The molecule has 4 rings (SSSR count). The van der Waals surface area contributed by atoms with Crippen molar-refractivity contribution in [3.63, 3.8) is 0 Å². The van der Waals surface area contributed by atoms with E-state index in [1.807, 2.05) is 18.2 Å². The first kappa shape index (κ1) is 17.0. The number of nitrogens with one attached hydrogen (secondary N) is 1. The molecule has 2 aromatic carbocycles. The zero-order valence-corrected chi connectivity index (χ0v) is 15.4. The molecule has 1 aromatic heterocycles. The van der Waals surface area contributed by atoms with Crippen LogP contribution in [0.1, 0.15) is 5.56 Å². The maximum absolute atomic E-state index is 12.2. The number of hydrogen-bond acceptors (Lipinski definition) is 5. The van der Waals surface area contributed by atoms with Crippen molar-refractivity contribution in [3.8, 4) is 0 Å². The molecule has 0 unspecified atom stereocenters. The van der Waals surface area contributed by atoms with Crippen LogP contribution in [-0.4, -0.2) is 21.0 Å². The predicted molar refractivity (Wildman–Crippen MR) is 108 cm³/mol. The van der Waals surface area contributed by atoms with Crippen LogP contribution in [0.2, 0.25) is 10.0 Å². The molecule has 0 spiro atoms. The van der Waals surface area contributed by atoms with Crippen LogP contribution in [0.5, 0.6) is 0 Å². The summed E-state index contributed by atoms with van der Waals surface area (Å²) in [5, 5.41) is 4.36. The molecule has 0 bridgehead atoms. The third kappa shape index (κ3) is 3.44. The Labute approximate surface area is 163 Å². The van der Waals surface area contributed by atoms with E-state index in [1.54, 1.807) is 36.7 Å². The number of aromatic nitrogens is 2. The fourth-order valence-corrected chi connectivity index (χ4v) is 3.72. The molecule has 0 aliphatic carbocycles. The molecule has 26 heavy (non-hydrogen) atoms. The fourth-order valence-electron chi connectivity index (χ4n) is 2.41. The summed E-state index contributed by atoms with van der Waals surface area (Å²) >= 11 is 13.5. The van der Waals surface area contributed by atoms with E-state index in [2.05, 4.69) is 20.3 Å². The van der Waals surface area contributed by atoms with Crippen LogP contribution in [0.25, 0.3) is 17.1 Å². The quantitative estimate of drug-likeness (QED) is 0.611. The normalized spacial score (nSPS) is 15.5. The van der Waals surface area contributed by atoms with Gasteiger partial charge in [0.05, 0.1) is 31.7 Å². The van der Waals surface area contributed by atoms with E-state index in [-0.39, 0.29) is 5.91 Å². The molecule has 3 aromatic rings. The summed E-state index contributed by atoms with van der Waals surface area (Å²) in [6.45, 7) is 0. The molecule has 1 aliphatic rings. The van der Waals surface area contributed by atoms with Crippen molar-refractivity contribution in [2.75, 3.05) is 5.32 Å². The molecule has 0 saturated heterocycles. The summed E-state index contributed by atoms with van der Waals surface area (Å²) in [4.78, 5) is 25.2. The minimum Gasteiger partial charge on any atom is -0.332 e. The average molecular weight is 401 g/mol. The second-order valence-electron chi connectivity index (χ2n) is 5.36. The molecule has 1 amide bonds. The van der Waals surface area contributed by atoms with Crippen molar-refractivity contribution in [1.29, 1.82) is 0 Å². The lowest BCUT2D eigenvalue weighted by atomic mass is 10.2. The van der Waals surface area contributed by atoms with Crippen LogP contribution in [0.3, 0.4) is 0 Å². The number of aliphatic imine (C=N–C) groups is 1. The van der Waals surface area contributed by atoms with Crippen molar-refractivity contribution >= 4 is 68.8 Å². The number of fused-ring (bicyclic) bond motifs is 1. The fraction of sp³-hybridized carbons (Fsp3) is 0. The largest absolute Gasteiger partial charge is 0.332 e. The Morgan fingerprint density at radius 3 is 2.50 bits per heavy atom. The van der Waals surface area contributed by atoms with Gasteiger partial charge >= 0.3 is 0 Å². The lowest BCUT2D eigenvalue weighted by molar-refractivity contribution is -0.113. The first-order valence-electron chi connectivity index (χ1n) is 7.54. The van der Waals surface area contributed by atoms with Crippen molar-refractivity contribution < 1.29 is 4.79 Å². The number of rotatable bonds is 2. The van der Waals surface area contributed by atoms with Gasteiger partial charge in [-0.1, -0.05) is 35.3 Å². The highest BCUT2D eigenvalue weighted by Crippen LogP contribution is 2.34. The van der Waals surface area contributed by atoms with Crippen molar-refractivity contribution in [2.45, 2.75) is 0 Å². The van der Waals surface area contributed by atoms with E-state index in [4.69, 9.17) is 23.2 Å². The first-order chi connectivity index (χ1) is 12.6. The SMILES string of the molecule is O=C1N=C(Nc2c(Cl)cccc2Cl)SC1=Cc1ccc2nccnc2c1. The minimum absolute atomic E-state index is 0.320. The Balaban J connectivity index is 1.58. The topological polar surface area (TPSA) is 67.2 Å². The second-order valence-corrected chi connectivity index (χ2v) is 7.20. The lowest BCUT2D eigenvalue weighted by Gasteiger charge is -2.08. The Bertz CT molecular complexity index is 1080. The van der Waals surface area contributed by atoms with Gasteiger partial charge in [0, 0.05) is 12.4 Å². The molecule has 0 fully saturated rings. The number of hydrogen-bond donors (Lipinski definition) is 1. The molecular formula is C18H10Cl2N4OS. The van der Waals surface area contributed by atoms with Crippen molar-refractivity contribution in [3.05, 3.63) is 69.3 Å². The van der Waals surface area contributed by atoms with E-state index in [1.165, 1.54) is 11.8 Å². The van der Waals surface area contributed by atoms with Gasteiger partial charge in [-0.15, -0.1) is 0 Å². The highest BCUT2D eigenvalue weighted by Gasteiger charge is 2.23. The van der Waals surface area contributed by atoms with Crippen LogP contribution >= 0.6 is 35.0 Å². The first-order valence-corrected chi connectivity index (χ1v) is 9.12. The summed E-state index contributed by atoms with van der Waals surface area (Å²) in [7, 11) is 0. The predicted octanol–water partition coefficient (Wildman–Crippen LogP) is 5.02. The molecule has 2 heterocycles. The van der Waals surface area contributed by atoms with Gasteiger partial charge in [-0.05, 0) is 47.7 Å². The summed E-state index contributed by atoms with van der Waals surface area (Å²) in [5.41, 5.74) is 2.93. The monoisotopic (exact) mass is 400 g/mol. The molecular weight excluding hydrogens is 391 g/mol. The summed E-state index contributed by atoms with van der Waals surface area (Å²) in [5.74, 6) is -0.320. The lowest BCUT2D eigenvalue weighted by Crippen LogP contribution is -2.05. The summed E-state index contributed by atoms with van der Waals surface area (Å²) in [6, 6.07) is 10.8. The van der Waals surface area contributed by atoms with Gasteiger partial charge in [0.1, 0.15) is 0 Å². The number of anilines is 1. The number of nitrogens with zero attached hydrogens (tertiary/aromatic N) is 3. The number of para-hydroxylation sites is 1. The van der Waals surface area contributed by atoms with Gasteiger partial charge in [-0.3, -0.25) is 14.8 Å². The van der Waals surface area contributed by atoms with E-state index in [9.17, 15) is 4.79 Å². The van der Waals surface area contributed by atoms with Gasteiger partial charge in [0.15, 0.2) is 5.17 Å². The molecule has 5 nitrogen and oxygen atoms in total. The zero-order chi connectivity index (χ0) is 18.1. The number of benzene rings is 2. The van der Waals surface area contributed by atoms with Crippen molar-refractivity contribution in [1.82, 2.24) is 9.97 Å². The van der Waals surface area contributed by atoms with Gasteiger partial charge < -0.3 is 5.32 Å². The molecule has 1 aliphatic heterocycles. The van der Waals surface area contributed by atoms with E-state index < -0.39 is 0 Å². The van der Waals surface area contributed by atoms with Gasteiger partial charge in [0.2, 0.25) is 0 Å². The smallest absolute Gasteiger partial charge is 0.286 e. The number of carbonyl (C=O) groups is 1. The maximum atomic E-state index is 12.2. The summed E-state index contributed by atoms with van der Waals surface area (Å²) in [6.07, 6.45) is 5.04. The van der Waals surface area contributed by atoms with Gasteiger partial charge in [-0.2, -0.15) is 4.99 Å². The Hall–Kier alpha value is -2.41. The van der Waals surface area contributed by atoms with E-state index in [0.717, 1.165) is 16.6 Å². The zero-order valence-electron chi connectivity index (χ0n) is 13.1. The Morgan fingerprint density at radius 1 is 1.00 bits per heavy atom. The van der Waals surface area contributed by atoms with E-state index in [0.29, 0.717) is 25.8 Å². The average Bonchev–Trinajstić information content (AvgIpc) is 2.97. The Morgan fingerprint density at radius 2 is 1.73 bits per heavy atom. The van der Waals surface area contributed by atoms with Crippen LogP contribution in [0, 0.1) is 0 Å². The highest BCUT2D eigenvalue weighted by atomic mass is 35.5.